The molecule has 0 spiro atoms. The van der Waals surface area contributed by atoms with E-state index in [1.165, 1.54) is 11.9 Å². The van der Waals surface area contributed by atoms with Gasteiger partial charge in [0.05, 0.1) is 19.8 Å². The molecule has 2 aromatic carbocycles. The van der Waals surface area contributed by atoms with Crippen LogP contribution >= 0.6 is 19.4 Å². The van der Waals surface area contributed by atoms with Gasteiger partial charge in [-0.2, -0.15) is 0 Å². The fourth-order valence-corrected chi connectivity index (χ4v) is 3.34. The maximum atomic E-state index is 13.0. The average Bonchev–Trinajstić information content (AvgIpc) is 2.72. The molecule has 0 aliphatic carbocycles. The number of halogens is 1. The van der Waals surface area contributed by atoms with Gasteiger partial charge in [0, 0.05) is 13.6 Å². The molecule has 0 unspecified atom stereocenters. The lowest BCUT2D eigenvalue weighted by atomic mass is 10.2. The number of hydrogen-bond acceptors (Lipinski definition) is 6. The molecule has 0 atom stereocenters. The Balaban J connectivity index is 1.94. The van der Waals surface area contributed by atoms with Gasteiger partial charge in [0.25, 0.3) is 0 Å². The van der Waals surface area contributed by atoms with Crippen LogP contribution in [0.1, 0.15) is 11.1 Å². The molecule has 0 heterocycles. The van der Waals surface area contributed by atoms with Gasteiger partial charge < -0.3 is 9.64 Å². The first-order chi connectivity index (χ1) is 13.5. The Labute approximate surface area is 169 Å². The molecule has 0 fully saturated rings. The van der Waals surface area contributed by atoms with E-state index < -0.39 is 13.9 Å². The van der Waals surface area contributed by atoms with Crippen LogP contribution in [-0.4, -0.2) is 37.3 Å². The molecule has 0 bridgehead atoms. The summed E-state index contributed by atoms with van der Waals surface area (Å²) in [4.78, 5) is 12.8. The van der Waals surface area contributed by atoms with E-state index in [2.05, 4.69) is 4.74 Å². The summed E-state index contributed by atoms with van der Waals surface area (Å²) in [5.41, 5.74) is 1.66. The second-order valence-corrected chi connectivity index (χ2v) is 7.63. The molecule has 0 aliphatic rings. The van der Waals surface area contributed by atoms with E-state index in [1.54, 1.807) is 0 Å². The van der Waals surface area contributed by atoms with Crippen molar-refractivity contribution in [3.05, 3.63) is 71.8 Å². The van der Waals surface area contributed by atoms with E-state index in [4.69, 9.17) is 25.2 Å². The van der Waals surface area contributed by atoms with Crippen molar-refractivity contribution in [3.8, 4) is 0 Å². The van der Waals surface area contributed by atoms with Crippen molar-refractivity contribution >= 4 is 25.5 Å². The highest BCUT2D eigenvalue weighted by molar-refractivity contribution is 7.48. The quantitative estimate of drug-likeness (QED) is 0.378. The third-order valence-electron chi connectivity index (χ3n) is 3.63. The van der Waals surface area contributed by atoms with Crippen LogP contribution in [0.3, 0.4) is 0 Å². The summed E-state index contributed by atoms with van der Waals surface area (Å²) >= 11 is 5.36. The Kier molecular flexibility index (Phi) is 9.47. The number of hydrogen-bond donors (Lipinski definition) is 0. The third-order valence-corrected chi connectivity index (χ3v) is 5.13. The smallest absolute Gasteiger partial charge is 0.433 e. The van der Waals surface area contributed by atoms with E-state index in [9.17, 15) is 9.36 Å². The van der Waals surface area contributed by atoms with Crippen molar-refractivity contribution in [2.45, 2.75) is 13.2 Å². The van der Waals surface area contributed by atoms with Gasteiger partial charge in [-0.25, -0.2) is 9.36 Å². The van der Waals surface area contributed by atoms with Crippen molar-refractivity contribution in [3.63, 3.8) is 0 Å². The number of amides is 1. The number of carbonyl (C=O) groups is 1. The largest absolute Gasteiger partial charge is 0.475 e. The second kappa shape index (κ2) is 11.8. The molecule has 0 saturated carbocycles. The lowest BCUT2D eigenvalue weighted by Gasteiger charge is -2.20. The number of alkyl halides is 1. The Morgan fingerprint density at radius 3 is 1.89 bits per heavy atom. The zero-order valence-electron chi connectivity index (χ0n) is 15.5. The van der Waals surface area contributed by atoms with Gasteiger partial charge in [-0.15, -0.1) is 0 Å². The van der Waals surface area contributed by atoms with Gasteiger partial charge in [-0.1, -0.05) is 72.3 Å². The number of benzene rings is 2. The average molecular weight is 428 g/mol. The molecular formula is C19H23ClNO6P. The number of likely N-dealkylation sites (N-methyl/N-ethyl adjacent to an activating group) is 1. The van der Waals surface area contributed by atoms with Crippen LogP contribution in [0, 0.1) is 0 Å². The summed E-state index contributed by atoms with van der Waals surface area (Å²) in [6, 6.07) is 18.3. The lowest BCUT2D eigenvalue weighted by Crippen LogP contribution is -2.30. The van der Waals surface area contributed by atoms with Gasteiger partial charge >= 0.3 is 13.9 Å². The van der Waals surface area contributed by atoms with Crippen LogP contribution in [-0.2, 0) is 36.1 Å². The first kappa shape index (κ1) is 22.4. The number of rotatable bonds is 11. The lowest BCUT2D eigenvalue weighted by molar-refractivity contribution is 0.0879. The monoisotopic (exact) mass is 427 g/mol. The zero-order chi connectivity index (χ0) is 20.2. The van der Waals surface area contributed by atoms with Crippen LogP contribution in [0.2, 0.25) is 0 Å². The minimum absolute atomic E-state index is 0.0608. The Hall–Kier alpha value is -1.89. The number of phosphoric acid groups is 1. The Bertz CT molecular complexity index is 714. The van der Waals surface area contributed by atoms with E-state index >= 15 is 0 Å². The summed E-state index contributed by atoms with van der Waals surface area (Å²) in [5.74, 6) is 0. The van der Waals surface area contributed by atoms with Crippen molar-refractivity contribution in [1.82, 2.24) is 4.90 Å². The fourth-order valence-electron chi connectivity index (χ4n) is 2.11. The van der Waals surface area contributed by atoms with E-state index in [0.717, 1.165) is 11.1 Å². The number of carbonyl (C=O) groups excluding carboxylic acids is 1. The minimum Gasteiger partial charge on any atom is -0.433 e. The van der Waals surface area contributed by atoms with Crippen LogP contribution in [0.4, 0.5) is 4.79 Å². The number of nitrogens with zero attached hydrogens (tertiary/aromatic N) is 1. The standard InChI is InChI=1S/C19H23ClNO6P/c1-21(19(22)24-16-20)12-13-25-28(23,26-14-17-8-4-2-5-9-17)27-15-18-10-6-3-7-11-18/h2-11H,12-16H2,1H3. The number of ether oxygens (including phenoxy) is 1. The first-order valence-electron chi connectivity index (χ1n) is 8.58. The van der Waals surface area contributed by atoms with Crippen LogP contribution in [0.5, 0.6) is 0 Å². The molecule has 2 rings (SSSR count). The SMILES string of the molecule is CN(CCOP(=O)(OCc1ccccc1)OCc1ccccc1)C(=O)OCCl. The molecule has 28 heavy (non-hydrogen) atoms. The molecule has 1 amide bonds. The molecule has 0 saturated heterocycles. The third kappa shape index (κ3) is 8.00. The van der Waals surface area contributed by atoms with Crippen molar-refractivity contribution in [2.24, 2.45) is 0 Å². The van der Waals surface area contributed by atoms with Crippen LogP contribution in [0.25, 0.3) is 0 Å². The van der Waals surface area contributed by atoms with Crippen LogP contribution in [0.15, 0.2) is 60.7 Å². The highest BCUT2D eigenvalue weighted by Crippen LogP contribution is 2.50. The Morgan fingerprint density at radius 2 is 1.43 bits per heavy atom. The summed E-state index contributed by atoms with van der Waals surface area (Å²) in [7, 11) is -2.34. The molecule has 0 aromatic heterocycles. The summed E-state index contributed by atoms with van der Waals surface area (Å²) in [5, 5.41) is 0. The first-order valence-corrected chi connectivity index (χ1v) is 10.6. The molecule has 0 aliphatic heterocycles. The maximum Gasteiger partial charge on any atom is 0.475 e. The van der Waals surface area contributed by atoms with Gasteiger partial charge in [0.15, 0.2) is 6.07 Å². The van der Waals surface area contributed by atoms with E-state index in [1.807, 2.05) is 60.7 Å². The van der Waals surface area contributed by atoms with Crippen molar-refractivity contribution < 1.29 is 27.7 Å². The zero-order valence-corrected chi connectivity index (χ0v) is 17.2. The van der Waals surface area contributed by atoms with Gasteiger partial charge in [-0.3, -0.25) is 13.6 Å². The normalized spacial score (nSPS) is 11.2. The summed E-state index contributed by atoms with van der Waals surface area (Å²) in [6.45, 7) is 0.200. The minimum atomic E-state index is -3.86. The highest BCUT2D eigenvalue weighted by atomic mass is 35.5. The Morgan fingerprint density at radius 1 is 0.929 bits per heavy atom. The van der Waals surface area contributed by atoms with E-state index in [0.29, 0.717) is 0 Å². The fraction of sp³-hybridized carbons (Fsp3) is 0.316. The molecule has 9 heteroatoms. The predicted molar refractivity (Wildman–Crippen MR) is 106 cm³/mol. The second-order valence-electron chi connectivity index (χ2n) is 5.74. The molecule has 7 nitrogen and oxygen atoms in total. The molecule has 0 N–H and O–H groups in total. The number of phosphoric ester groups is 1. The molecule has 0 radical (unpaired) electrons. The molecular weight excluding hydrogens is 405 g/mol. The predicted octanol–water partition coefficient (Wildman–Crippen LogP) is 4.81. The van der Waals surface area contributed by atoms with E-state index in [-0.39, 0.29) is 32.4 Å². The molecule has 2 aromatic rings. The molecule has 152 valence electrons. The summed E-state index contributed by atoms with van der Waals surface area (Å²) in [6.07, 6.45) is -0.608. The van der Waals surface area contributed by atoms with Crippen LogP contribution < -0.4 is 0 Å². The van der Waals surface area contributed by atoms with Crippen molar-refractivity contribution in [1.29, 1.82) is 0 Å². The summed E-state index contributed by atoms with van der Waals surface area (Å²) < 4.78 is 34.0. The van der Waals surface area contributed by atoms with Crippen molar-refractivity contribution in [2.75, 3.05) is 26.3 Å². The van der Waals surface area contributed by atoms with Gasteiger partial charge in [0.1, 0.15) is 0 Å². The van der Waals surface area contributed by atoms with Gasteiger partial charge in [-0.05, 0) is 11.1 Å². The highest BCUT2D eigenvalue weighted by Gasteiger charge is 2.27. The maximum absolute atomic E-state index is 13.0. The van der Waals surface area contributed by atoms with Gasteiger partial charge in [0.2, 0.25) is 0 Å². The topological polar surface area (TPSA) is 74.3 Å².